The Balaban J connectivity index is 1.75. The van der Waals surface area contributed by atoms with Gasteiger partial charge in [-0.3, -0.25) is 9.36 Å². The minimum absolute atomic E-state index is 0.00379. The minimum Gasteiger partial charge on any atom is -0.351 e. The Kier molecular flexibility index (Phi) is 4.59. The van der Waals surface area contributed by atoms with Gasteiger partial charge in [-0.2, -0.15) is 0 Å². The SMILES string of the molecule is C=CCn1c(NCc2ccc(F)cc2)nc2sc3c(c2c1=O)CCCC3. The van der Waals surface area contributed by atoms with E-state index in [0.29, 0.717) is 19.0 Å². The van der Waals surface area contributed by atoms with Crippen molar-refractivity contribution in [2.45, 2.75) is 38.8 Å². The number of anilines is 1. The van der Waals surface area contributed by atoms with Gasteiger partial charge < -0.3 is 5.32 Å². The van der Waals surface area contributed by atoms with Gasteiger partial charge in [-0.25, -0.2) is 9.37 Å². The fourth-order valence-corrected chi connectivity index (χ4v) is 4.71. The van der Waals surface area contributed by atoms with E-state index in [1.54, 1.807) is 34.1 Å². The molecule has 1 N–H and O–H groups in total. The summed E-state index contributed by atoms with van der Waals surface area (Å²) in [4.78, 5) is 20.0. The summed E-state index contributed by atoms with van der Waals surface area (Å²) < 4.78 is 14.7. The van der Waals surface area contributed by atoms with Crippen LogP contribution in [0.1, 0.15) is 28.8 Å². The number of fused-ring (bicyclic) bond motifs is 3. The van der Waals surface area contributed by atoms with Crippen LogP contribution in [0, 0.1) is 5.82 Å². The first-order chi connectivity index (χ1) is 12.7. The van der Waals surface area contributed by atoms with Crippen LogP contribution in [0.15, 0.2) is 41.7 Å². The quantitative estimate of drug-likeness (QED) is 0.683. The molecular weight excluding hydrogens is 349 g/mol. The maximum atomic E-state index is 13.1. The Morgan fingerprint density at radius 2 is 2.04 bits per heavy atom. The minimum atomic E-state index is -0.263. The number of thiophene rings is 1. The van der Waals surface area contributed by atoms with E-state index in [1.807, 2.05) is 0 Å². The molecule has 0 amide bonds. The summed E-state index contributed by atoms with van der Waals surface area (Å²) in [5.74, 6) is 0.270. The third kappa shape index (κ3) is 3.05. The van der Waals surface area contributed by atoms with Gasteiger partial charge in [0, 0.05) is 18.0 Å². The van der Waals surface area contributed by atoms with E-state index in [2.05, 4.69) is 11.9 Å². The van der Waals surface area contributed by atoms with Crippen LogP contribution >= 0.6 is 11.3 Å². The molecule has 2 aromatic heterocycles. The highest BCUT2D eigenvalue weighted by Crippen LogP contribution is 2.34. The number of nitrogens with zero attached hydrogens (tertiary/aromatic N) is 2. The molecule has 3 aromatic rings. The molecule has 0 radical (unpaired) electrons. The predicted octanol–water partition coefficient (Wildman–Crippen LogP) is 4.27. The summed E-state index contributed by atoms with van der Waals surface area (Å²) in [6.07, 6.45) is 6.01. The number of hydrogen-bond acceptors (Lipinski definition) is 4. The lowest BCUT2D eigenvalue weighted by Crippen LogP contribution is -2.25. The van der Waals surface area contributed by atoms with E-state index in [4.69, 9.17) is 4.98 Å². The molecule has 0 saturated carbocycles. The van der Waals surface area contributed by atoms with Crippen LogP contribution < -0.4 is 10.9 Å². The van der Waals surface area contributed by atoms with Gasteiger partial charge in [-0.05, 0) is 48.9 Å². The fourth-order valence-electron chi connectivity index (χ4n) is 3.46. The molecule has 0 saturated heterocycles. The zero-order valence-electron chi connectivity index (χ0n) is 14.4. The van der Waals surface area contributed by atoms with E-state index in [1.165, 1.54) is 29.0 Å². The van der Waals surface area contributed by atoms with E-state index in [9.17, 15) is 9.18 Å². The molecule has 1 aromatic carbocycles. The normalized spacial score (nSPS) is 13.6. The molecule has 0 bridgehead atoms. The molecule has 4 nitrogen and oxygen atoms in total. The van der Waals surface area contributed by atoms with Crippen molar-refractivity contribution in [3.63, 3.8) is 0 Å². The molecule has 0 atom stereocenters. The molecule has 0 aliphatic heterocycles. The Morgan fingerprint density at radius 3 is 2.81 bits per heavy atom. The Morgan fingerprint density at radius 1 is 1.27 bits per heavy atom. The van der Waals surface area contributed by atoms with Crippen LogP contribution in [-0.2, 0) is 25.9 Å². The Bertz CT molecular complexity index is 1020. The summed E-state index contributed by atoms with van der Waals surface area (Å²) in [5.41, 5.74) is 2.11. The standard InChI is InChI=1S/C20H20FN3OS/c1-2-11-24-19(25)17-15-5-3-4-6-16(15)26-18(17)23-20(24)22-12-13-7-9-14(21)10-8-13/h2,7-10H,1,3-6,11-12H2,(H,22,23). The van der Waals surface area contributed by atoms with Crippen LogP contribution in [-0.4, -0.2) is 9.55 Å². The molecule has 4 rings (SSSR count). The van der Waals surface area contributed by atoms with Crippen molar-refractivity contribution >= 4 is 27.5 Å². The highest BCUT2D eigenvalue weighted by molar-refractivity contribution is 7.18. The van der Waals surface area contributed by atoms with E-state index < -0.39 is 0 Å². The van der Waals surface area contributed by atoms with Gasteiger partial charge in [0.15, 0.2) is 0 Å². The van der Waals surface area contributed by atoms with Gasteiger partial charge in [-0.15, -0.1) is 17.9 Å². The van der Waals surface area contributed by atoms with Crippen LogP contribution in [0.2, 0.25) is 0 Å². The summed E-state index contributed by atoms with van der Waals surface area (Å²) in [6, 6.07) is 6.30. The highest BCUT2D eigenvalue weighted by Gasteiger charge is 2.21. The van der Waals surface area contributed by atoms with Crippen LogP contribution in [0.4, 0.5) is 10.3 Å². The third-order valence-corrected chi connectivity index (χ3v) is 5.94. The van der Waals surface area contributed by atoms with Crippen molar-refractivity contribution < 1.29 is 4.39 Å². The molecular formula is C20H20FN3OS. The van der Waals surface area contributed by atoms with E-state index in [-0.39, 0.29) is 11.4 Å². The van der Waals surface area contributed by atoms with E-state index >= 15 is 0 Å². The van der Waals surface area contributed by atoms with Crippen LogP contribution in [0.25, 0.3) is 10.2 Å². The fraction of sp³-hybridized carbons (Fsp3) is 0.300. The Labute approximate surface area is 155 Å². The van der Waals surface area contributed by atoms with Gasteiger partial charge in [0.1, 0.15) is 10.6 Å². The molecule has 0 spiro atoms. The summed E-state index contributed by atoms with van der Waals surface area (Å²) in [6.45, 7) is 4.64. The second kappa shape index (κ2) is 7.03. The smallest absolute Gasteiger partial charge is 0.264 e. The Hall–Kier alpha value is -2.47. The lowest BCUT2D eigenvalue weighted by molar-refractivity contribution is 0.627. The maximum Gasteiger partial charge on any atom is 0.264 e. The molecule has 0 fully saturated rings. The maximum absolute atomic E-state index is 13.1. The second-order valence-corrected chi connectivity index (χ2v) is 7.59. The first-order valence-electron chi connectivity index (χ1n) is 8.81. The number of hydrogen-bond donors (Lipinski definition) is 1. The van der Waals surface area contributed by atoms with Crippen LogP contribution in [0.5, 0.6) is 0 Å². The second-order valence-electron chi connectivity index (χ2n) is 6.51. The molecule has 0 unspecified atom stereocenters. The molecule has 6 heteroatoms. The monoisotopic (exact) mass is 369 g/mol. The average Bonchev–Trinajstić information content (AvgIpc) is 3.02. The lowest BCUT2D eigenvalue weighted by Gasteiger charge is -2.14. The first kappa shape index (κ1) is 17.0. The van der Waals surface area contributed by atoms with Crippen molar-refractivity contribution in [1.29, 1.82) is 0 Å². The molecule has 1 aliphatic rings. The zero-order chi connectivity index (χ0) is 18.1. The number of benzene rings is 1. The molecule has 2 heterocycles. The predicted molar refractivity (Wildman–Crippen MR) is 104 cm³/mol. The van der Waals surface area contributed by atoms with Gasteiger partial charge >= 0.3 is 0 Å². The molecule has 134 valence electrons. The highest BCUT2D eigenvalue weighted by atomic mass is 32.1. The summed E-state index contributed by atoms with van der Waals surface area (Å²) in [7, 11) is 0. The summed E-state index contributed by atoms with van der Waals surface area (Å²) >= 11 is 1.64. The molecule has 1 aliphatic carbocycles. The van der Waals surface area contributed by atoms with Gasteiger partial charge in [0.25, 0.3) is 5.56 Å². The van der Waals surface area contributed by atoms with Gasteiger partial charge in [-0.1, -0.05) is 18.2 Å². The first-order valence-corrected chi connectivity index (χ1v) is 9.63. The van der Waals surface area contributed by atoms with Crippen molar-refractivity contribution in [1.82, 2.24) is 9.55 Å². The number of aromatic nitrogens is 2. The van der Waals surface area contributed by atoms with Crippen LogP contribution in [0.3, 0.4) is 0 Å². The topological polar surface area (TPSA) is 46.9 Å². The number of rotatable bonds is 5. The van der Waals surface area contributed by atoms with Crippen molar-refractivity contribution in [3.8, 4) is 0 Å². The largest absolute Gasteiger partial charge is 0.351 e. The van der Waals surface area contributed by atoms with E-state index in [0.717, 1.165) is 35.0 Å². The number of halogens is 1. The average molecular weight is 369 g/mol. The zero-order valence-corrected chi connectivity index (χ0v) is 15.2. The van der Waals surface area contributed by atoms with Gasteiger partial charge in [0.2, 0.25) is 5.95 Å². The van der Waals surface area contributed by atoms with Crippen molar-refractivity contribution in [2.75, 3.05) is 5.32 Å². The van der Waals surface area contributed by atoms with Crippen molar-refractivity contribution in [2.24, 2.45) is 0 Å². The third-order valence-electron chi connectivity index (χ3n) is 4.75. The summed E-state index contributed by atoms with van der Waals surface area (Å²) in [5, 5.41) is 4.01. The van der Waals surface area contributed by atoms with Gasteiger partial charge in [0.05, 0.1) is 5.39 Å². The number of aryl methyl sites for hydroxylation is 2. The lowest BCUT2D eigenvalue weighted by atomic mass is 9.97. The molecule has 26 heavy (non-hydrogen) atoms. The van der Waals surface area contributed by atoms with Crippen molar-refractivity contribution in [3.05, 3.63) is 69.1 Å². The number of allylic oxidation sites excluding steroid dienone is 1. The number of nitrogens with one attached hydrogen (secondary N) is 1.